The number of allylic oxidation sites excluding steroid dienone is 4. The summed E-state index contributed by atoms with van der Waals surface area (Å²) in [5.74, 6) is -1.08. The molecule has 0 spiro atoms. The summed E-state index contributed by atoms with van der Waals surface area (Å²) in [6.07, 6.45) is 14.8. The first-order valence-electron chi connectivity index (χ1n) is 10.4. The number of ketones is 2. The van der Waals surface area contributed by atoms with Crippen LogP contribution in [0.4, 0.5) is 0 Å². The second kappa shape index (κ2) is 6.25. The van der Waals surface area contributed by atoms with E-state index in [1.807, 2.05) is 0 Å². The van der Waals surface area contributed by atoms with Crippen LogP contribution in [0.25, 0.3) is 0 Å². The van der Waals surface area contributed by atoms with Gasteiger partial charge in [0.25, 0.3) is 0 Å². The van der Waals surface area contributed by atoms with E-state index in [-0.39, 0.29) is 35.2 Å². The molecule has 3 fully saturated rings. The number of Topliss-reactive ketones (excluding diaryl/α,β-unsaturated/α-hetero) is 2. The molecule has 152 valence electrons. The van der Waals surface area contributed by atoms with Crippen LogP contribution in [0.2, 0.25) is 0 Å². The Balaban J connectivity index is 1.63. The lowest BCUT2D eigenvalue weighted by Crippen LogP contribution is -2.93. The van der Waals surface area contributed by atoms with Crippen LogP contribution >= 0.6 is 46.4 Å². The molecule has 0 amide bonds. The minimum Gasteiger partial charge on any atom is -0.296 e. The average molecular weight is 462 g/mol. The van der Waals surface area contributed by atoms with E-state index in [4.69, 9.17) is 46.4 Å². The minimum absolute atomic E-state index is 0.127. The summed E-state index contributed by atoms with van der Waals surface area (Å²) in [5, 5.41) is 0. The molecule has 0 aliphatic heterocycles. The molecule has 2 nitrogen and oxygen atoms in total. The third kappa shape index (κ3) is 1.92. The Labute approximate surface area is 186 Å². The van der Waals surface area contributed by atoms with Crippen molar-refractivity contribution in [1.82, 2.24) is 0 Å². The molecule has 0 heterocycles. The summed E-state index contributed by atoms with van der Waals surface area (Å²) in [6, 6.07) is 0. The van der Waals surface area contributed by atoms with Gasteiger partial charge in [-0.05, 0) is 75.0 Å². The number of alkyl halides is 4. The fourth-order valence-electron chi connectivity index (χ4n) is 7.03. The molecule has 2 unspecified atom stereocenters. The highest BCUT2D eigenvalue weighted by molar-refractivity contribution is 6.65. The molecular formula is C22H24Cl4O2. The smallest absolute Gasteiger partial charge is 0.179 e. The predicted octanol–water partition coefficient (Wildman–Crippen LogP) is 5.80. The van der Waals surface area contributed by atoms with E-state index in [0.717, 1.165) is 51.4 Å². The van der Waals surface area contributed by atoms with Gasteiger partial charge in [0, 0.05) is 0 Å². The van der Waals surface area contributed by atoms with E-state index in [0.29, 0.717) is 0 Å². The fourth-order valence-corrected chi connectivity index (χ4v) is 9.68. The van der Waals surface area contributed by atoms with Crippen molar-refractivity contribution in [2.45, 2.75) is 70.9 Å². The van der Waals surface area contributed by atoms with Gasteiger partial charge in [0.2, 0.25) is 0 Å². The highest BCUT2D eigenvalue weighted by atomic mass is 35.5. The normalized spacial score (nSPS) is 57.4. The maximum Gasteiger partial charge on any atom is 0.179 e. The Morgan fingerprint density at radius 2 is 0.750 bits per heavy atom. The van der Waals surface area contributed by atoms with Gasteiger partial charge in [-0.15, -0.1) is 46.4 Å². The van der Waals surface area contributed by atoms with Gasteiger partial charge in [0.1, 0.15) is 19.5 Å². The van der Waals surface area contributed by atoms with E-state index >= 15 is 0 Å². The summed E-state index contributed by atoms with van der Waals surface area (Å²) in [7, 11) is 0. The number of carbonyl (C=O) groups excluding carboxylic acids is 2. The van der Waals surface area contributed by atoms with Gasteiger partial charge in [-0.1, -0.05) is 24.3 Å². The number of fused-ring (bicyclic) bond motifs is 8. The van der Waals surface area contributed by atoms with Crippen LogP contribution in [-0.2, 0) is 9.59 Å². The first-order valence-corrected chi connectivity index (χ1v) is 11.9. The van der Waals surface area contributed by atoms with Crippen LogP contribution in [0.5, 0.6) is 0 Å². The first-order chi connectivity index (χ1) is 13.3. The van der Waals surface area contributed by atoms with Crippen molar-refractivity contribution in [1.29, 1.82) is 0 Å². The molecule has 8 atom stereocenters. The fraction of sp³-hybridized carbons (Fsp3) is 0.727. The molecule has 5 rings (SSSR count). The maximum atomic E-state index is 13.9. The molecule has 0 radical (unpaired) electrons. The van der Waals surface area contributed by atoms with Crippen LogP contribution < -0.4 is 0 Å². The van der Waals surface area contributed by atoms with Gasteiger partial charge >= 0.3 is 0 Å². The van der Waals surface area contributed by atoms with Crippen molar-refractivity contribution >= 4 is 58.0 Å². The molecule has 0 saturated heterocycles. The highest BCUT2D eigenvalue weighted by Gasteiger charge is 2.92. The topological polar surface area (TPSA) is 34.1 Å². The zero-order chi connectivity index (χ0) is 19.9. The second-order valence-corrected chi connectivity index (χ2v) is 11.6. The van der Waals surface area contributed by atoms with Crippen LogP contribution in [0, 0.1) is 23.7 Å². The minimum atomic E-state index is -1.44. The summed E-state index contributed by atoms with van der Waals surface area (Å²) < 4.78 is 0. The summed E-state index contributed by atoms with van der Waals surface area (Å²) in [5.41, 5.74) is 0. The maximum absolute atomic E-state index is 13.9. The van der Waals surface area contributed by atoms with E-state index in [1.54, 1.807) is 0 Å². The standard InChI is InChI=1S/C22H24Cl4O2/c23-19-13-9-5-1-2-6-10-14(13)20(19,24)18(28)22(26)16-12-8-4-3-7-11-15(16)21(22,25)17(19)27/h1-4,13-16H,5-12H2/b2-1-,4-3-/t13-,14-,15?,16?,19-,20+,21-,22+/m0/s1. The Hall–Kier alpha value is -0.0200. The molecule has 0 aromatic rings. The van der Waals surface area contributed by atoms with E-state index in [2.05, 4.69) is 24.3 Å². The van der Waals surface area contributed by atoms with Gasteiger partial charge in [0.05, 0.1) is 0 Å². The molecule has 6 heteroatoms. The lowest BCUT2D eigenvalue weighted by molar-refractivity contribution is -0.173. The predicted molar refractivity (Wildman–Crippen MR) is 114 cm³/mol. The monoisotopic (exact) mass is 460 g/mol. The molecule has 28 heavy (non-hydrogen) atoms. The first kappa shape index (κ1) is 19.9. The summed E-state index contributed by atoms with van der Waals surface area (Å²) in [6.45, 7) is 0. The van der Waals surface area contributed by atoms with Crippen LogP contribution in [0.15, 0.2) is 24.3 Å². The zero-order valence-electron chi connectivity index (χ0n) is 15.6. The number of hydrogen-bond acceptors (Lipinski definition) is 2. The highest BCUT2D eigenvalue weighted by Crippen LogP contribution is 2.77. The molecule has 5 aliphatic rings. The number of hydrogen-bond donors (Lipinski definition) is 0. The van der Waals surface area contributed by atoms with Crippen molar-refractivity contribution in [3.8, 4) is 0 Å². The Bertz CT molecular complexity index is 682. The summed E-state index contributed by atoms with van der Waals surface area (Å²) >= 11 is 28.2. The average Bonchev–Trinajstić information content (AvgIpc) is 2.64. The van der Waals surface area contributed by atoms with Gasteiger partial charge in [-0.25, -0.2) is 0 Å². The third-order valence-corrected chi connectivity index (χ3v) is 11.5. The lowest BCUT2D eigenvalue weighted by Gasteiger charge is -2.75. The quantitative estimate of drug-likeness (QED) is 0.337. The van der Waals surface area contributed by atoms with Crippen LogP contribution in [0.3, 0.4) is 0 Å². The lowest BCUT2D eigenvalue weighted by atomic mass is 9.36. The largest absolute Gasteiger partial charge is 0.296 e. The molecular weight excluding hydrogens is 438 g/mol. The number of carbonyl (C=O) groups is 2. The van der Waals surface area contributed by atoms with Crippen LogP contribution in [0.1, 0.15) is 51.4 Å². The second-order valence-electron chi connectivity index (χ2n) is 9.18. The van der Waals surface area contributed by atoms with Crippen molar-refractivity contribution in [2.24, 2.45) is 23.7 Å². The number of halogens is 4. The molecule has 5 aliphatic carbocycles. The van der Waals surface area contributed by atoms with Gasteiger partial charge in [-0.3, -0.25) is 9.59 Å². The van der Waals surface area contributed by atoms with E-state index in [1.165, 1.54) is 0 Å². The van der Waals surface area contributed by atoms with Crippen molar-refractivity contribution in [2.75, 3.05) is 0 Å². The molecule has 3 saturated carbocycles. The van der Waals surface area contributed by atoms with E-state index in [9.17, 15) is 9.59 Å². The zero-order valence-corrected chi connectivity index (χ0v) is 18.6. The van der Waals surface area contributed by atoms with Gasteiger partial charge in [0.15, 0.2) is 11.6 Å². The van der Waals surface area contributed by atoms with E-state index < -0.39 is 19.5 Å². The SMILES string of the molecule is O=C1[C@@]2(Cl)C3CC/C=C\CCC3[C@@]2(Cl)C(=O)[C@]2(Cl)[C@H]3CC/C=C\CC[C@@H]3[C@]12Cl. The third-order valence-electron chi connectivity index (χ3n) is 8.31. The Kier molecular flexibility index (Phi) is 4.44. The Morgan fingerprint density at radius 3 is 0.964 bits per heavy atom. The van der Waals surface area contributed by atoms with Gasteiger partial charge < -0.3 is 0 Å². The molecule has 0 aromatic carbocycles. The van der Waals surface area contributed by atoms with Gasteiger partial charge in [-0.2, -0.15) is 0 Å². The van der Waals surface area contributed by atoms with Crippen molar-refractivity contribution < 1.29 is 9.59 Å². The number of rotatable bonds is 0. The summed E-state index contributed by atoms with van der Waals surface area (Å²) in [4.78, 5) is 22.1. The van der Waals surface area contributed by atoms with Crippen molar-refractivity contribution in [3.05, 3.63) is 24.3 Å². The van der Waals surface area contributed by atoms with Crippen LogP contribution in [-0.4, -0.2) is 31.1 Å². The molecule has 0 bridgehead atoms. The Morgan fingerprint density at radius 1 is 0.536 bits per heavy atom. The molecule has 0 N–H and O–H groups in total. The van der Waals surface area contributed by atoms with Crippen molar-refractivity contribution in [3.63, 3.8) is 0 Å². The molecule has 0 aromatic heterocycles.